The summed E-state index contributed by atoms with van der Waals surface area (Å²) in [4.78, 5) is 6.96. The van der Waals surface area contributed by atoms with Gasteiger partial charge in [-0.15, -0.1) is 0 Å². The molecule has 0 saturated carbocycles. The topological polar surface area (TPSA) is 33.1 Å². The van der Waals surface area contributed by atoms with Gasteiger partial charge >= 0.3 is 0 Å². The SMILES string of the molecule is Cc1ccc(C2C(c3ccccn3)NC(=S)N2CC(C)C)n1-c1ccccc1. The highest BCUT2D eigenvalue weighted by atomic mass is 32.1. The molecule has 1 aromatic carbocycles. The van der Waals surface area contributed by atoms with E-state index in [0.717, 1.165) is 17.4 Å². The van der Waals surface area contributed by atoms with Gasteiger partial charge in [0.2, 0.25) is 0 Å². The van der Waals surface area contributed by atoms with Crippen LogP contribution in [0.1, 0.15) is 43.0 Å². The van der Waals surface area contributed by atoms with E-state index >= 15 is 0 Å². The van der Waals surface area contributed by atoms with Gasteiger partial charge in [-0.3, -0.25) is 4.98 Å². The van der Waals surface area contributed by atoms with Crippen LogP contribution in [-0.4, -0.2) is 26.1 Å². The minimum absolute atomic E-state index is 0.0178. The van der Waals surface area contributed by atoms with Gasteiger partial charge in [0.05, 0.1) is 17.8 Å². The number of para-hydroxylation sites is 1. The maximum absolute atomic E-state index is 5.76. The van der Waals surface area contributed by atoms with E-state index in [1.807, 2.05) is 18.3 Å². The predicted molar refractivity (Wildman–Crippen MR) is 118 cm³/mol. The minimum atomic E-state index is 0.0178. The molecule has 1 N–H and O–H groups in total. The summed E-state index contributed by atoms with van der Waals surface area (Å²) in [5.41, 5.74) is 4.62. The van der Waals surface area contributed by atoms with Gasteiger partial charge in [-0.05, 0) is 61.5 Å². The van der Waals surface area contributed by atoms with Crippen LogP contribution in [0, 0.1) is 12.8 Å². The molecule has 2 atom stereocenters. The molecule has 0 amide bonds. The minimum Gasteiger partial charge on any atom is -0.352 e. The number of aromatic nitrogens is 2. The predicted octanol–water partition coefficient (Wildman–Crippen LogP) is 4.81. The van der Waals surface area contributed by atoms with Crippen molar-refractivity contribution >= 4 is 17.3 Å². The molecule has 5 heteroatoms. The van der Waals surface area contributed by atoms with Crippen molar-refractivity contribution in [2.45, 2.75) is 32.9 Å². The van der Waals surface area contributed by atoms with Crippen LogP contribution in [0.15, 0.2) is 66.9 Å². The van der Waals surface area contributed by atoms with E-state index in [9.17, 15) is 0 Å². The van der Waals surface area contributed by atoms with Crippen molar-refractivity contribution in [2.75, 3.05) is 6.54 Å². The molecule has 3 aromatic rings. The van der Waals surface area contributed by atoms with Gasteiger partial charge in [0, 0.05) is 29.8 Å². The molecular weight excluding hydrogens is 364 g/mol. The maximum Gasteiger partial charge on any atom is 0.170 e. The van der Waals surface area contributed by atoms with E-state index in [0.29, 0.717) is 5.92 Å². The van der Waals surface area contributed by atoms with E-state index in [4.69, 9.17) is 12.2 Å². The average Bonchev–Trinajstić information content (AvgIpc) is 3.23. The standard InChI is InChI=1S/C23H26N4S/c1-16(2)15-26-22(21(25-23(26)28)19-11-7-8-14-24-19)20-13-12-17(3)27(20)18-9-5-4-6-10-18/h4-14,16,21-22H,15H2,1-3H3,(H,25,28). The average molecular weight is 391 g/mol. The summed E-state index contributed by atoms with van der Waals surface area (Å²) in [7, 11) is 0. The third kappa shape index (κ3) is 3.42. The molecule has 1 saturated heterocycles. The molecule has 0 radical (unpaired) electrons. The molecule has 1 aliphatic rings. The van der Waals surface area contributed by atoms with Crippen LogP contribution in [0.3, 0.4) is 0 Å². The summed E-state index contributed by atoms with van der Waals surface area (Å²) in [6.45, 7) is 7.52. The Labute approximate surface area is 172 Å². The van der Waals surface area contributed by atoms with Crippen molar-refractivity contribution in [2.24, 2.45) is 5.92 Å². The molecule has 144 valence electrons. The first-order valence-electron chi connectivity index (χ1n) is 9.78. The second-order valence-corrected chi connectivity index (χ2v) is 8.13. The Hall–Kier alpha value is -2.66. The second-order valence-electron chi connectivity index (χ2n) is 7.74. The largest absolute Gasteiger partial charge is 0.352 e. The van der Waals surface area contributed by atoms with Crippen molar-refractivity contribution in [3.8, 4) is 5.69 Å². The lowest BCUT2D eigenvalue weighted by Crippen LogP contribution is -2.33. The number of pyridine rings is 1. The summed E-state index contributed by atoms with van der Waals surface area (Å²) >= 11 is 5.76. The van der Waals surface area contributed by atoms with Crippen molar-refractivity contribution in [3.63, 3.8) is 0 Å². The quantitative estimate of drug-likeness (QED) is 0.634. The third-order valence-corrected chi connectivity index (χ3v) is 5.54. The molecule has 3 heterocycles. The number of hydrogen-bond acceptors (Lipinski definition) is 2. The van der Waals surface area contributed by atoms with Crippen molar-refractivity contribution < 1.29 is 0 Å². The molecule has 1 fully saturated rings. The van der Waals surface area contributed by atoms with E-state index in [1.54, 1.807) is 0 Å². The first-order chi connectivity index (χ1) is 13.6. The summed E-state index contributed by atoms with van der Waals surface area (Å²) < 4.78 is 2.34. The normalized spacial score (nSPS) is 19.3. The van der Waals surface area contributed by atoms with E-state index in [1.165, 1.54) is 17.1 Å². The van der Waals surface area contributed by atoms with Crippen LogP contribution < -0.4 is 5.32 Å². The lowest BCUT2D eigenvalue weighted by Gasteiger charge is -2.30. The lowest BCUT2D eigenvalue weighted by molar-refractivity contribution is 0.280. The zero-order valence-electron chi connectivity index (χ0n) is 16.5. The number of hydrogen-bond donors (Lipinski definition) is 1. The summed E-state index contributed by atoms with van der Waals surface area (Å²) in [5.74, 6) is 0.506. The molecular formula is C23H26N4S. The Morgan fingerprint density at radius 1 is 1.04 bits per heavy atom. The smallest absolute Gasteiger partial charge is 0.170 e. The Morgan fingerprint density at radius 3 is 2.46 bits per heavy atom. The molecule has 0 spiro atoms. The van der Waals surface area contributed by atoms with Gasteiger partial charge in [-0.25, -0.2) is 0 Å². The Bertz CT molecular complexity index is 949. The molecule has 2 aromatic heterocycles. The molecule has 4 rings (SSSR count). The molecule has 28 heavy (non-hydrogen) atoms. The Balaban J connectivity index is 1.85. The Kier molecular flexibility index (Phi) is 5.18. The molecule has 2 unspecified atom stereocenters. The summed E-state index contributed by atoms with van der Waals surface area (Å²) in [6.07, 6.45) is 1.85. The maximum atomic E-state index is 5.76. The van der Waals surface area contributed by atoms with Crippen LogP contribution in [0.4, 0.5) is 0 Å². The van der Waals surface area contributed by atoms with Crippen LogP contribution in [0.25, 0.3) is 5.69 Å². The fourth-order valence-corrected chi connectivity index (χ4v) is 4.35. The fourth-order valence-electron chi connectivity index (χ4n) is 4.04. The van der Waals surface area contributed by atoms with Gasteiger partial charge < -0.3 is 14.8 Å². The lowest BCUT2D eigenvalue weighted by atomic mass is 10.0. The number of nitrogens with one attached hydrogen (secondary N) is 1. The van der Waals surface area contributed by atoms with Gasteiger partial charge in [-0.1, -0.05) is 38.1 Å². The highest BCUT2D eigenvalue weighted by Gasteiger charge is 2.41. The van der Waals surface area contributed by atoms with Gasteiger partial charge in [0.15, 0.2) is 5.11 Å². The van der Waals surface area contributed by atoms with Crippen molar-refractivity contribution in [3.05, 3.63) is 83.9 Å². The van der Waals surface area contributed by atoms with E-state index < -0.39 is 0 Å². The van der Waals surface area contributed by atoms with Gasteiger partial charge in [-0.2, -0.15) is 0 Å². The molecule has 0 bridgehead atoms. The monoisotopic (exact) mass is 390 g/mol. The number of nitrogens with zero attached hydrogens (tertiary/aromatic N) is 3. The van der Waals surface area contributed by atoms with Crippen molar-refractivity contribution in [1.82, 2.24) is 19.8 Å². The number of thiocarbonyl (C=S) groups is 1. The van der Waals surface area contributed by atoms with Crippen LogP contribution >= 0.6 is 12.2 Å². The molecule has 1 aliphatic heterocycles. The number of rotatable bonds is 5. The third-order valence-electron chi connectivity index (χ3n) is 5.18. The number of benzene rings is 1. The van der Waals surface area contributed by atoms with Crippen LogP contribution in [0.5, 0.6) is 0 Å². The highest BCUT2D eigenvalue weighted by molar-refractivity contribution is 7.80. The first kappa shape index (κ1) is 18.7. The van der Waals surface area contributed by atoms with Crippen LogP contribution in [0.2, 0.25) is 0 Å². The number of aryl methyl sites for hydroxylation is 1. The van der Waals surface area contributed by atoms with Gasteiger partial charge in [0.1, 0.15) is 0 Å². The molecule has 0 aliphatic carbocycles. The highest BCUT2D eigenvalue weighted by Crippen LogP contribution is 2.40. The van der Waals surface area contributed by atoms with Crippen molar-refractivity contribution in [1.29, 1.82) is 0 Å². The summed E-state index contributed by atoms with van der Waals surface area (Å²) in [6, 6.07) is 21.1. The van der Waals surface area contributed by atoms with Crippen LogP contribution in [-0.2, 0) is 0 Å². The molecule has 4 nitrogen and oxygen atoms in total. The van der Waals surface area contributed by atoms with E-state index in [-0.39, 0.29) is 12.1 Å². The first-order valence-corrected chi connectivity index (χ1v) is 10.2. The zero-order chi connectivity index (χ0) is 19.7. The zero-order valence-corrected chi connectivity index (χ0v) is 17.4. The summed E-state index contributed by atoms with van der Waals surface area (Å²) in [5, 5.41) is 4.34. The van der Waals surface area contributed by atoms with Gasteiger partial charge in [0.25, 0.3) is 0 Å². The fraction of sp³-hybridized carbons (Fsp3) is 0.304. The Morgan fingerprint density at radius 2 is 1.79 bits per heavy atom. The van der Waals surface area contributed by atoms with E-state index in [2.05, 4.69) is 89.1 Å². The second kappa shape index (κ2) is 7.76.